The van der Waals surface area contributed by atoms with Gasteiger partial charge in [0.15, 0.2) is 5.13 Å². The highest BCUT2D eigenvalue weighted by molar-refractivity contribution is 7.15. The number of hydrogen-bond acceptors (Lipinski definition) is 5. The SMILES string of the molecule is CCc1nc(N(C)CCOC(C)C)sc1CNCC(C)C. The number of hydrogen-bond donors (Lipinski definition) is 1. The largest absolute Gasteiger partial charge is 0.377 e. The molecule has 1 aromatic heterocycles. The first kappa shape index (κ1) is 18.4. The summed E-state index contributed by atoms with van der Waals surface area (Å²) >= 11 is 1.80. The van der Waals surface area contributed by atoms with E-state index in [0.717, 1.165) is 37.8 Å². The molecule has 1 heterocycles. The van der Waals surface area contributed by atoms with E-state index in [2.05, 4.69) is 51.9 Å². The lowest BCUT2D eigenvalue weighted by Crippen LogP contribution is -2.23. The van der Waals surface area contributed by atoms with Gasteiger partial charge < -0.3 is 15.0 Å². The number of nitrogens with zero attached hydrogens (tertiary/aromatic N) is 2. The van der Waals surface area contributed by atoms with Crippen molar-refractivity contribution in [3.63, 3.8) is 0 Å². The molecule has 0 radical (unpaired) electrons. The lowest BCUT2D eigenvalue weighted by molar-refractivity contribution is 0.0846. The van der Waals surface area contributed by atoms with Crippen LogP contribution in [0.4, 0.5) is 5.13 Å². The second-order valence-corrected chi connectivity index (χ2v) is 7.15. The van der Waals surface area contributed by atoms with E-state index < -0.39 is 0 Å². The van der Waals surface area contributed by atoms with Crippen molar-refractivity contribution >= 4 is 16.5 Å². The average Bonchev–Trinajstić information content (AvgIpc) is 2.81. The molecule has 0 bridgehead atoms. The molecule has 0 saturated carbocycles. The normalized spacial score (nSPS) is 11.6. The molecule has 0 saturated heterocycles. The summed E-state index contributed by atoms with van der Waals surface area (Å²) in [5, 5.41) is 4.61. The maximum atomic E-state index is 5.61. The number of rotatable bonds is 10. The van der Waals surface area contributed by atoms with Crippen LogP contribution in [0.1, 0.15) is 45.2 Å². The summed E-state index contributed by atoms with van der Waals surface area (Å²) in [6.07, 6.45) is 1.28. The second kappa shape index (κ2) is 9.38. The van der Waals surface area contributed by atoms with Crippen LogP contribution in [0.5, 0.6) is 0 Å². The fourth-order valence-electron chi connectivity index (χ4n) is 1.94. The van der Waals surface area contributed by atoms with Gasteiger partial charge in [-0.25, -0.2) is 4.98 Å². The van der Waals surface area contributed by atoms with Gasteiger partial charge in [0.25, 0.3) is 0 Å². The number of aryl methyl sites for hydroxylation is 1. The Bertz CT molecular complexity index is 404. The Labute approximate surface area is 133 Å². The van der Waals surface area contributed by atoms with Crippen LogP contribution in [-0.2, 0) is 17.7 Å². The fourth-order valence-corrected chi connectivity index (χ4v) is 3.05. The van der Waals surface area contributed by atoms with Crippen LogP contribution in [0.25, 0.3) is 0 Å². The molecular formula is C16H31N3OS. The van der Waals surface area contributed by atoms with Crippen LogP contribution < -0.4 is 10.2 Å². The highest BCUT2D eigenvalue weighted by Crippen LogP contribution is 2.26. The lowest BCUT2D eigenvalue weighted by Gasteiger charge is -2.16. The first-order valence-electron chi connectivity index (χ1n) is 7.96. The van der Waals surface area contributed by atoms with Crippen LogP contribution >= 0.6 is 11.3 Å². The summed E-state index contributed by atoms with van der Waals surface area (Å²) in [6, 6.07) is 0. The predicted molar refractivity (Wildman–Crippen MR) is 92.4 cm³/mol. The van der Waals surface area contributed by atoms with Crippen molar-refractivity contribution < 1.29 is 4.74 Å². The van der Waals surface area contributed by atoms with Crippen LogP contribution in [0.3, 0.4) is 0 Å². The van der Waals surface area contributed by atoms with Gasteiger partial charge >= 0.3 is 0 Å². The smallest absolute Gasteiger partial charge is 0.185 e. The minimum Gasteiger partial charge on any atom is -0.377 e. The number of anilines is 1. The summed E-state index contributed by atoms with van der Waals surface area (Å²) in [5.41, 5.74) is 1.22. The Morgan fingerprint density at radius 3 is 2.57 bits per heavy atom. The molecule has 0 aliphatic carbocycles. The van der Waals surface area contributed by atoms with Crippen LogP contribution in [-0.4, -0.2) is 37.8 Å². The van der Waals surface area contributed by atoms with E-state index in [4.69, 9.17) is 9.72 Å². The Morgan fingerprint density at radius 1 is 1.29 bits per heavy atom. The summed E-state index contributed by atoms with van der Waals surface area (Å²) < 4.78 is 5.61. The van der Waals surface area contributed by atoms with Crippen LogP contribution in [0.2, 0.25) is 0 Å². The van der Waals surface area contributed by atoms with Crippen molar-refractivity contribution in [1.29, 1.82) is 0 Å². The van der Waals surface area contributed by atoms with E-state index in [1.165, 1.54) is 10.6 Å². The molecule has 122 valence electrons. The summed E-state index contributed by atoms with van der Waals surface area (Å²) in [4.78, 5) is 8.33. The molecule has 0 spiro atoms. The fraction of sp³-hybridized carbons (Fsp3) is 0.812. The maximum Gasteiger partial charge on any atom is 0.185 e. The topological polar surface area (TPSA) is 37.4 Å². The van der Waals surface area contributed by atoms with Gasteiger partial charge in [0, 0.05) is 25.0 Å². The molecular weight excluding hydrogens is 282 g/mol. The zero-order chi connectivity index (χ0) is 15.8. The average molecular weight is 314 g/mol. The Kier molecular flexibility index (Phi) is 8.22. The van der Waals surface area contributed by atoms with Gasteiger partial charge in [0.1, 0.15) is 0 Å². The molecule has 0 fully saturated rings. The van der Waals surface area contributed by atoms with Gasteiger partial charge in [0.05, 0.1) is 18.4 Å². The number of aromatic nitrogens is 1. The monoisotopic (exact) mass is 313 g/mol. The van der Waals surface area contributed by atoms with E-state index in [1.54, 1.807) is 11.3 Å². The third kappa shape index (κ3) is 6.76. The standard InChI is InChI=1S/C16H31N3OS/c1-7-14-15(11-17-10-12(2)3)21-16(18-14)19(6)8-9-20-13(4)5/h12-13,17H,7-11H2,1-6H3. The zero-order valence-corrected chi connectivity index (χ0v) is 15.2. The van der Waals surface area contributed by atoms with Gasteiger partial charge in [0.2, 0.25) is 0 Å². The van der Waals surface area contributed by atoms with Crippen molar-refractivity contribution in [1.82, 2.24) is 10.3 Å². The third-order valence-corrected chi connectivity index (χ3v) is 4.36. The Balaban J connectivity index is 2.56. The van der Waals surface area contributed by atoms with Gasteiger partial charge in [-0.2, -0.15) is 0 Å². The zero-order valence-electron chi connectivity index (χ0n) is 14.4. The van der Waals surface area contributed by atoms with E-state index in [-0.39, 0.29) is 6.10 Å². The van der Waals surface area contributed by atoms with Gasteiger partial charge in [-0.1, -0.05) is 20.8 Å². The quantitative estimate of drug-likeness (QED) is 0.719. The summed E-state index contributed by atoms with van der Waals surface area (Å²) in [7, 11) is 2.09. The van der Waals surface area contributed by atoms with Crippen molar-refractivity contribution in [2.75, 3.05) is 31.6 Å². The predicted octanol–water partition coefficient (Wildman–Crippen LogP) is 3.31. The van der Waals surface area contributed by atoms with Gasteiger partial charge in [-0.3, -0.25) is 0 Å². The number of nitrogens with one attached hydrogen (secondary N) is 1. The number of likely N-dealkylation sites (N-methyl/N-ethyl adjacent to an activating group) is 1. The minimum atomic E-state index is 0.289. The lowest BCUT2D eigenvalue weighted by atomic mass is 10.2. The van der Waals surface area contributed by atoms with Crippen molar-refractivity contribution in [2.45, 2.75) is 53.7 Å². The van der Waals surface area contributed by atoms with Crippen molar-refractivity contribution in [3.8, 4) is 0 Å². The minimum absolute atomic E-state index is 0.289. The molecule has 1 N–H and O–H groups in total. The first-order valence-corrected chi connectivity index (χ1v) is 8.77. The molecule has 1 rings (SSSR count). The van der Waals surface area contributed by atoms with Crippen LogP contribution in [0, 0.1) is 5.92 Å². The van der Waals surface area contributed by atoms with Crippen molar-refractivity contribution in [3.05, 3.63) is 10.6 Å². The van der Waals surface area contributed by atoms with Crippen molar-refractivity contribution in [2.24, 2.45) is 5.92 Å². The van der Waals surface area contributed by atoms with Gasteiger partial charge in [-0.05, 0) is 32.7 Å². The number of ether oxygens (including phenoxy) is 1. The highest BCUT2D eigenvalue weighted by atomic mass is 32.1. The van der Waals surface area contributed by atoms with Crippen LogP contribution in [0.15, 0.2) is 0 Å². The maximum absolute atomic E-state index is 5.61. The Hall–Kier alpha value is -0.650. The van der Waals surface area contributed by atoms with E-state index in [1.807, 2.05) is 0 Å². The molecule has 0 atom stereocenters. The molecule has 21 heavy (non-hydrogen) atoms. The number of thiazole rings is 1. The molecule has 0 unspecified atom stereocenters. The first-order chi connectivity index (χ1) is 9.93. The summed E-state index contributed by atoms with van der Waals surface area (Å²) in [6.45, 7) is 14.4. The molecule has 0 amide bonds. The second-order valence-electron chi connectivity index (χ2n) is 6.09. The molecule has 0 aromatic carbocycles. The molecule has 1 aromatic rings. The van der Waals surface area contributed by atoms with E-state index in [9.17, 15) is 0 Å². The molecule has 0 aliphatic rings. The molecule has 4 nitrogen and oxygen atoms in total. The van der Waals surface area contributed by atoms with E-state index >= 15 is 0 Å². The summed E-state index contributed by atoms with van der Waals surface area (Å²) in [5.74, 6) is 0.679. The molecule has 0 aliphatic heterocycles. The Morgan fingerprint density at radius 2 is 2.00 bits per heavy atom. The highest BCUT2D eigenvalue weighted by Gasteiger charge is 2.13. The third-order valence-electron chi connectivity index (χ3n) is 3.14. The molecule has 5 heteroatoms. The van der Waals surface area contributed by atoms with Gasteiger partial charge in [-0.15, -0.1) is 11.3 Å². The van der Waals surface area contributed by atoms with E-state index in [0.29, 0.717) is 5.92 Å².